The second kappa shape index (κ2) is 7.88. The van der Waals surface area contributed by atoms with E-state index in [1.54, 1.807) is 13.2 Å². The SMILES string of the molecule is COCCOc1ccc(CN2C(=O)COc3ccc(C(=O)O)cc32)cc1. The number of aromatic carboxylic acids is 1. The minimum atomic E-state index is -1.05. The van der Waals surface area contributed by atoms with E-state index in [1.807, 2.05) is 24.3 Å². The van der Waals surface area contributed by atoms with Crippen molar-refractivity contribution < 1.29 is 28.9 Å². The van der Waals surface area contributed by atoms with Crippen LogP contribution in [0.3, 0.4) is 0 Å². The van der Waals surface area contributed by atoms with Gasteiger partial charge in [-0.1, -0.05) is 12.1 Å². The molecule has 1 amide bonds. The fourth-order valence-electron chi connectivity index (χ4n) is 2.63. The monoisotopic (exact) mass is 357 g/mol. The first kappa shape index (κ1) is 17.8. The third kappa shape index (κ3) is 3.94. The van der Waals surface area contributed by atoms with Gasteiger partial charge in [0, 0.05) is 7.11 Å². The first-order valence-corrected chi connectivity index (χ1v) is 8.09. The normalized spacial score (nSPS) is 13.1. The van der Waals surface area contributed by atoms with Gasteiger partial charge in [-0.25, -0.2) is 4.79 Å². The Hall–Kier alpha value is -3.06. The Balaban J connectivity index is 1.78. The van der Waals surface area contributed by atoms with Crippen molar-refractivity contribution in [2.45, 2.75) is 6.54 Å². The molecule has 26 heavy (non-hydrogen) atoms. The van der Waals surface area contributed by atoms with E-state index in [-0.39, 0.29) is 18.1 Å². The maximum atomic E-state index is 12.3. The molecule has 7 heteroatoms. The number of carbonyl (C=O) groups excluding carboxylic acids is 1. The molecule has 0 radical (unpaired) electrons. The summed E-state index contributed by atoms with van der Waals surface area (Å²) >= 11 is 0. The lowest BCUT2D eigenvalue weighted by atomic mass is 10.1. The van der Waals surface area contributed by atoms with Crippen molar-refractivity contribution in [3.05, 3.63) is 53.6 Å². The molecule has 7 nitrogen and oxygen atoms in total. The molecule has 0 saturated heterocycles. The van der Waals surface area contributed by atoms with Crippen LogP contribution >= 0.6 is 0 Å². The van der Waals surface area contributed by atoms with Crippen molar-refractivity contribution in [2.75, 3.05) is 31.8 Å². The number of ether oxygens (including phenoxy) is 3. The van der Waals surface area contributed by atoms with Crippen molar-refractivity contribution in [1.82, 2.24) is 0 Å². The summed E-state index contributed by atoms with van der Waals surface area (Å²) in [6.45, 7) is 1.21. The number of benzene rings is 2. The van der Waals surface area contributed by atoms with Crippen molar-refractivity contribution >= 4 is 17.6 Å². The van der Waals surface area contributed by atoms with E-state index in [4.69, 9.17) is 14.2 Å². The molecule has 0 atom stereocenters. The van der Waals surface area contributed by atoms with Crippen molar-refractivity contribution in [3.63, 3.8) is 0 Å². The largest absolute Gasteiger partial charge is 0.491 e. The molecule has 1 heterocycles. The average Bonchev–Trinajstić information content (AvgIpc) is 2.65. The summed E-state index contributed by atoms with van der Waals surface area (Å²) in [5.74, 6) is -0.0643. The number of carboxylic acids is 1. The number of methoxy groups -OCH3 is 1. The Morgan fingerprint density at radius 2 is 1.96 bits per heavy atom. The van der Waals surface area contributed by atoms with Gasteiger partial charge in [0.2, 0.25) is 0 Å². The Morgan fingerprint density at radius 3 is 2.65 bits per heavy atom. The maximum Gasteiger partial charge on any atom is 0.335 e. The number of hydrogen-bond donors (Lipinski definition) is 1. The minimum absolute atomic E-state index is 0.0718. The predicted molar refractivity (Wildman–Crippen MR) is 93.9 cm³/mol. The van der Waals surface area contributed by atoms with Crippen LogP contribution in [0.15, 0.2) is 42.5 Å². The highest BCUT2D eigenvalue weighted by atomic mass is 16.5. The number of amides is 1. The highest BCUT2D eigenvalue weighted by Crippen LogP contribution is 2.34. The van der Waals surface area contributed by atoms with Gasteiger partial charge >= 0.3 is 5.97 Å². The molecule has 0 aliphatic carbocycles. The summed E-state index contributed by atoms with van der Waals surface area (Å²) < 4.78 is 15.9. The van der Waals surface area contributed by atoms with Gasteiger partial charge in [0.05, 0.1) is 24.4 Å². The van der Waals surface area contributed by atoms with Crippen molar-refractivity contribution in [3.8, 4) is 11.5 Å². The van der Waals surface area contributed by atoms with E-state index in [9.17, 15) is 14.7 Å². The Kier molecular flexibility index (Phi) is 5.38. The van der Waals surface area contributed by atoms with Crippen molar-refractivity contribution in [1.29, 1.82) is 0 Å². The van der Waals surface area contributed by atoms with Gasteiger partial charge in [-0.05, 0) is 35.9 Å². The molecule has 0 bridgehead atoms. The third-order valence-electron chi connectivity index (χ3n) is 3.97. The lowest BCUT2D eigenvalue weighted by Crippen LogP contribution is -2.38. The highest BCUT2D eigenvalue weighted by Gasteiger charge is 2.26. The lowest BCUT2D eigenvalue weighted by Gasteiger charge is -2.29. The van der Waals surface area contributed by atoms with Gasteiger partial charge in [0.15, 0.2) is 6.61 Å². The quantitative estimate of drug-likeness (QED) is 0.766. The van der Waals surface area contributed by atoms with Crippen LogP contribution in [0.1, 0.15) is 15.9 Å². The molecule has 0 spiro atoms. The predicted octanol–water partition coefficient (Wildman–Crippen LogP) is 2.34. The lowest BCUT2D eigenvalue weighted by molar-refractivity contribution is -0.121. The topological polar surface area (TPSA) is 85.3 Å². The van der Waals surface area contributed by atoms with E-state index >= 15 is 0 Å². The second-order valence-corrected chi connectivity index (χ2v) is 5.74. The zero-order valence-electron chi connectivity index (χ0n) is 14.3. The van der Waals surface area contributed by atoms with E-state index < -0.39 is 5.97 Å². The van der Waals surface area contributed by atoms with Gasteiger partial charge < -0.3 is 24.2 Å². The van der Waals surface area contributed by atoms with Gasteiger partial charge in [-0.2, -0.15) is 0 Å². The Morgan fingerprint density at radius 1 is 1.19 bits per heavy atom. The number of anilines is 1. The van der Waals surface area contributed by atoms with Crippen LogP contribution < -0.4 is 14.4 Å². The first-order chi connectivity index (χ1) is 12.6. The van der Waals surface area contributed by atoms with E-state index in [1.165, 1.54) is 17.0 Å². The van der Waals surface area contributed by atoms with Gasteiger partial charge in [-0.15, -0.1) is 0 Å². The molecule has 1 aliphatic rings. The Bertz CT molecular complexity index is 802. The molecule has 3 rings (SSSR count). The van der Waals surface area contributed by atoms with E-state index in [0.717, 1.165) is 5.56 Å². The molecule has 0 fully saturated rings. The molecule has 1 aliphatic heterocycles. The first-order valence-electron chi connectivity index (χ1n) is 8.09. The van der Waals surface area contributed by atoms with Gasteiger partial charge in [0.1, 0.15) is 18.1 Å². The summed E-state index contributed by atoms with van der Waals surface area (Å²) in [7, 11) is 1.61. The third-order valence-corrected chi connectivity index (χ3v) is 3.97. The van der Waals surface area contributed by atoms with E-state index in [0.29, 0.717) is 36.9 Å². The highest BCUT2D eigenvalue weighted by molar-refractivity contribution is 5.99. The second-order valence-electron chi connectivity index (χ2n) is 5.74. The fraction of sp³-hybridized carbons (Fsp3) is 0.263. The number of carbonyl (C=O) groups is 2. The molecule has 2 aromatic rings. The number of nitrogens with zero attached hydrogens (tertiary/aromatic N) is 1. The van der Waals surface area contributed by atoms with Crippen LogP contribution in [-0.4, -0.2) is 43.9 Å². The number of hydrogen-bond acceptors (Lipinski definition) is 5. The number of rotatable bonds is 7. The number of fused-ring (bicyclic) bond motifs is 1. The molecule has 2 aromatic carbocycles. The molecule has 0 unspecified atom stereocenters. The van der Waals surface area contributed by atoms with Crippen LogP contribution in [0.25, 0.3) is 0 Å². The van der Waals surface area contributed by atoms with Crippen LogP contribution in [0.2, 0.25) is 0 Å². The zero-order chi connectivity index (χ0) is 18.5. The van der Waals surface area contributed by atoms with Crippen LogP contribution in [0.4, 0.5) is 5.69 Å². The maximum absolute atomic E-state index is 12.3. The van der Waals surface area contributed by atoms with E-state index in [2.05, 4.69) is 0 Å². The fourth-order valence-corrected chi connectivity index (χ4v) is 2.63. The molecule has 136 valence electrons. The Labute approximate surface area is 150 Å². The summed E-state index contributed by atoms with van der Waals surface area (Å²) in [6.07, 6.45) is 0. The zero-order valence-corrected chi connectivity index (χ0v) is 14.3. The van der Waals surface area contributed by atoms with Gasteiger partial charge in [0.25, 0.3) is 5.91 Å². The van der Waals surface area contributed by atoms with Crippen LogP contribution in [0.5, 0.6) is 11.5 Å². The summed E-state index contributed by atoms with van der Waals surface area (Å²) in [5.41, 5.74) is 1.46. The standard InChI is InChI=1S/C19H19NO6/c1-24-8-9-25-15-5-2-13(3-6-15)11-20-16-10-14(19(22)23)4-7-17(16)26-12-18(20)21/h2-7,10H,8-9,11-12H2,1H3,(H,22,23). The molecular weight excluding hydrogens is 338 g/mol. The average molecular weight is 357 g/mol. The number of carboxylic acid groups (broad SMARTS) is 1. The summed E-state index contributed by atoms with van der Waals surface area (Å²) in [4.78, 5) is 25.0. The molecule has 1 N–H and O–H groups in total. The van der Waals surface area contributed by atoms with Crippen LogP contribution in [-0.2, 0) is 16.1 Å². The summed E-state index contributed by atoms with van der Waals surface area (Å²) in [6, 6.07) is 11.9. The molecule has 0 aromatic heterocycles. The van der Waals surface area contributed by atoms with Crippen LogP contribution in [0, 0.1) is 0 Å². The summed E-state index contributed by atoms with van der Waals surface area (Å²) in [5, 5.41) is 9.18. The minimum Gasteiger partial charge on any atom is -0.491 e. The smallest absolute Gasteiger partial charge is 0.335 e. The molecule has 0 saturated carbocycles. The van der Waals surface area contributed by atoms with Crippen molar-refractivity contribution in [2.24, 2.45) is 0 Å². The molecular formula is C19H19NO6. The van der Waals surface area contributed by atoms with Gasteiger partial charge in [-0.3, -0.25) is 4.79 Å².